The average Bonchev–Trinajstić information content (AvgIpc) is 2.92. The van der Waals surface area contributed by atoms with Crippen LogP contribution < -0.4 is 10.6 Å². The lowest BCUT2D eigenvalue weighted by molar-refractivity contribution is -0.150. The number of amides is 5. The molecule has 0 unspecified atom stereocenters. The first-order chi connectivity index (χ1) is 14.9. The van der Waals surface area contributed by atoms with Crippen molar-refractivity contribution < 1.29 is 19.1 Å². The molecule has 2 heterocycles. The molecule has 2 spiro atoms. The van der Waals surface area contributed by atoms with Crippen LogP contribution in [0.5, 0.6) is 0 Å². The molecule has 2 N–H and O–H groups in total. The van der Waals surface area contributed by atoms with E-state index in [1.165, 1.54) is 4.90 Å². The number of ether oxygens (including phenoxy) is 1. The Morgan fingerprint density at radius 3 is 2.45 bits per heavy atom. The summed E-state index contributed by atoms with van der Waals surface area (Å²) in [4.78, 5) is 41.3. The smallest absolute Gasteiger partial charge is 0.327 e. The van der Waals surface area contributed by atoms with Gasteiger partial charge in [0.25, 0.3) is 5.91 Å². The van der Waals surface area contributed by atoms with Crippen molar-refractivity contribution in [1.82, 2.24) is 20.4 Å². The summed E-state index contributed by atoms with van der Waals surface area (Å²) in [6, 6.07) is -0.00326. The Hall–Kier alpha value is -1.83. The molecule has 174 valence electrons. The molecule has 0 bridgehead atoms. The van der Waals surface area contributed by atoms with E-state index < -0.39 is 5.54 Å². The summed E-state index contributed by atoms with van der Waals surface area (Å²) < 4.78 is 5.47. The third kappa shape index (κ3) is 4.28. The molecular formula is C23H38N4O4. The Morgan fingerprint density at radius 2 is 1.81 bits per heavy atom. The van der Waals surface area contributed by atoms with Crippen molar-refractivity contribution in [3.63, 3.8) is 0 Å². The molecule has 0 radical (unpaired) electrons. The van der Waals surface area contributed by atoms with E-state index in [4.69, 9.17) is 4.74 Å². The molecule has 0 aromatic heterocycles. The van der Waals surface area contributed by atoms with Gasteiger partial charge >= 0.3 is 12.1 Å². The predicted octanol–water partition coefficient (Wildman–Crippen LogP) is 2.87. The molecular weight excluding hydrogens is 396 g/mol. The minimum absolute atomic E-state index is 0.0225. The van der Waals surface area contributed by atoms with E-state index in [-0.39, 0.29) is 29.4 Å². The number of carbonyl (C=O) groups excluding carboxylic acids is 3. The summed E-state index contributed by atoms with van der Waals surface area (Å²) in [7, 11) is 1.62. The van der Waals surface area contributed by atoms with Gasteiger partial charge in [0.1, 0.15) is 5.54 Å². The van der Waals surface area contributed by atoms with E-state index in [9.17, 15) is 14.4 Å². The van der Waals surface area contributed by atoms with Crippen molar-refractivity contribution in [2.75, 3.05) is 33.4 Å². The second-order valence-electron chi connectivity index (χ2n) is 10.2. The molecule has 2 aliphatic heterocycles. The number of nitrogens with one attached hydrogen (secondary N) is 2. The number of likely N-dealkylation sites (N-methyl/N-ethyl adjacent to an activating group) is 1. The Labute approximate surface area is 185 Å². The average molecular weight is 435 g/mol. The third-order valence-corrected chi connectivity index (χ3v) is 8.05. The molecule has 0 atom stereocenters. The van der Waals surface area contributed by atoms with Gasteiger partial charge in [0, 0.05) is 39.4 Å². The monoisotopic (exact) mass is 434 g/mol. The van der Waals surface area contributed by atoms with Gasteiger partial charge in [0.15, 0.2) is 0 Å². The number of hydrogen-bond acceptors (Lipinski definition) is 4. The van der Waals surface area contributed by atoms with Crippen molar-refractivity contribution >= 4 is 18.0 Å². The molecule has 4 aliphatic rings. The summed E-state index contributed by atoms with van der Waals surface area (Å²) in [5.41, 5.74) is -0.506. The van der Waals surface area contributed by atoms with Crippen LogP contribution in [0.25, 0.3) is 0 Å². The maximum absolute atomic E-state index is 13.1. The fraction of sp³-hybridized carbons (Fsp3) is 0.870. The zero-order valence-corrected chi connectivity index (χ0v) is 19.1. The van der Waals surface area contributed by atoms with Crippen molar-refractivity contribution in [2.45, 2.75) is 82.7 Å². The molecule has 0 aromatic rings. The molecule has 31 heavy (non-hydrogen) atoms. The highest BCUT2D eigenvalue weighted by atomic mass is 16.5. The number of rotatable bonds is 6. The zero-order valence-electron chi connectivity index (χ0n) is 19.1. The summed E-state index contributed by atoms with van der Waals surface area (Å²) in [6.07, 6.45) is 9.40. The number of imide groups is 1. The minimum atomic E-state index is -0.637. The molecule has 8 nitrogen and oxygen atoms in total. The Bertz CT molecular complexity index is 690. The summed E-state index contributed by atoms with van der Waals surface area (Å²) in [5, 5.41) is 6.03. The van der Waals surface area contributed by atoms with E-state index >= 15 is 0 Å². The number of nitrogens with zero attached hydrogens (tertiary/aromatic N) is 2. The van der Waals surface area contributed by atoms with Crippen LogP contribution >= 0.6 is 0 Å². The van der Waals surface area contributed by atoms with E-state index in [2.05, 4.69) is 17.6 Å². The molecule has 0 aromatic carbocycles. The zero-order chi connectivity index (χ0) is 22.1. The summed E-state index contributed by atoms with van der Waals surface area (Å²) in [6.45, 7) is 4.98. The highest BCUT2D eigenvalue weighted by molar-refractivity contribution is 6.07. The van der Waals surface area contributed by atoms with Gasteiger partial charge in [-0.3, -0.25) is 9.69 Å². The minimum Gasteiger partial charge on any atom is -0.381 e. The predicted molar refractivity (Wildman–Crippen MR) is 117 cm³/mol. The van der Waals surface area contributed by atoms with Gasteiger partial charge in [-0.2, -0.15) is 0 Å². The first-order valence-electron chi connectivity index (χ1n) is 12.1. The van der Waals surface area contributed by atoms with Gasteiger partial charge in [0.05, 0.1) is 0 Å². The maximum atomic E-state index is 13.1. The van der Waals surface area contributed by atoms with Gasteiger partial charge in [-0.05, 0) is 69.1 Å². The van der Waals surface area contributed by atoms with Crippen LogP contribution in [0.2, 0.25) is 0 Å². The summed E-state index contributed by atoms with van der Waals surface area (Å²) >= 11 is 0. The highest BCUT2D eigenvalue weighted by Gasteiger charge is 2.67. The van der Waals surface area contributed by atoms with Gasteiger partial charge in [-0.15, -0.1) is 0 Å². The lowest BCUT2D eigenvalue weighted by Crippen LogP contribution is -2.65. The van der Waals surface area contributed by atoms with Crippen molar-refractivity contribution in [1.29, 1.82) is 0 Å². The van der Waals surface area contributed by atoms with E-state index in [1.54, 1.807) is 7.05 Å². The number of hydrogen-bond donors (Lipinski definition) is 2. The molecule has 5 amide bonds. The fourth-order valence-electron chi connectivity index (χ4n) is 6.19. The first kappa shape index (κ1) is 22.4. The Morgan fingerprint density at radius 1 is 1.13 bits per heavy atom. The van der Waals surface area contributed by atoms with Crippen LogP contribution in [0, 0.1) is 11.3 Å². The fourth-order valence-corrected chi connectivity index (χ4v) is 6.19. The van der Waals surface area contributed by atoms with E-state index in [1.807, 2.05) is 4.90 Å². The second-order valence-corrected chi connectivity index (χ2v) is 10.2. The molecule has 4 rings (SSSR count). The Balaban J connectivity index is 1.33. The SMILES string of the molecule is CCCCNC(=O)NC1CCC2(CC1)CC1(C2)C(=O)N(C)C(=O)N1CC1CCOCC1. The standard InChI is InChI=1S/C23H38N4O4/c1-3-4-11-24-20(29)25-18-5-9-22(10-6-18)15-23(16-22)19(28)26(2)21(30)27(23)14-17-7-12-31-13-8-17/h17-18H,3-16H2,1-2H3,(H2,24,25,29). The topological polar surface area (TPSA) is 91.0 Å². The number of urea groups is 2. The maximum Gasteiger partial charge on any atom is 0.327 e. The largest absolute Gasteiger partial charge is 0.381 e. The molecule has 2 saturated heterocycles. The molecule has 2 aliphatic carbocycles. The van der Waals surface area contributed by atoms with Crippen LogP contribution in [0.1, 0.15) is 71.1 Å². The lowest BCUT2D eigenvalue weighted by atomic mass is 9.51. The van der Waals surface area contributed by atoms with Crippen molar-refractivity contribution in [3.8, 4) is 0 Å². The van der Waals surface area contributed by atoms with Crippen LogP contribution in [-0.4, -0.2) is 72.7 Å². The van der Waals surface area contributed by atoms with Crippen molar-refractivity contribution in [2.24, 2.45) is 11.3 Å². The lowest BCUT2D eigenvalue weighted by Gasteiger charge is -2.58. The highest BCUT2D eigenvalue weighted by Crippen LogP contribution is 2.61. The van der Waals surface area contributed by atoms with Gasteiger partial charge in [0.2, 0.25) is 0 Å². The van der Waals surface area contributed by atoms with Crippen molar-refractivity contribution in [3.05, 3.63) is 0 Å². The van der Waals surface area contributed by atoms with Crippen LogP contribution in [0.15, 0.2) is 0 Å². The quantitative estimate of drug-likeness (QED) is 0.497. The third-order valence-electron chi connectivity index (χ3n) is 8.05. The van der Waals surface area contributed by atoms with Crippen LogP contribution in [0.4, 0.5) is 9.59 Å². The second kappa shape index (κ2) is 8.96. The van der Waals surface area contributed by atoms with E-state index in [0.717, 1.165) is 77.4 Å². The van der Waals surface area contributed by atoms with Gasteiger partial charge in [-0.1, -0.05) is 13.3 Å². The molecule has 8 heteroatoms. The number of carbonyl (C=O) groups is 3. The van der Waals surface area contributed by atoms with Gasteiger partial charge in [-0.25, -0.2) is 9.59 Å². The van der Waals surface area contributed by atoms with Crippen LogP contribution in [0.3, 0.4) is 0 Å². The van der Waals surface area contributed by atoms with Crippen LogP contribution in [-0.2, 0) is 9.53 Å². The molecule has 4 fully saturated rings. The number of unbranched alkanes of at least 4 members (excludes halogenated alkanes) is 1. The molecule has 2 saturated carbocycles. The Kier molecular flexibility index (Phi) is 6.47. The summed E-state index contributed by atoms with van der Waals surface area (Å²) in [5.74, 6) is 0.391. The van der Waals surface area contributed by atoms with Gasteiger partial charge < -0.3 is 20.3 Å². The normalized spacial score (nSPS) is 33.8. The van der Waals surface area contributed by atoms with E-state index in [0.29, 0.717) is 19.0 Å². The first-order valence-corrected chi connectivity index (χ1v) is 12.1.